The van der Waals surface area contributed by atoms with E-state index >= 15 is 0 Å². The summed E-state index contributed by atoms with van der Waals surface area (Å²) in [5.41, 5.74) is 5.34. The topological polar surface area (TPSA) is 80.3 Å². The van der Waals surface area contributed by atoms with Gasteiger partial charge in [0.25, 0.3) is 5.91 Å². The van der Waals surface area contributed by atoms with E-state index in [1.807, 2.05) is 6.07 Å². The fraction of sp³-hybridized carbons (Fsp3) is 0.312. The van der Waals surface area contributed by atoms with E-state index in [-0.39, 0.29) is 12.5 Å². The molecule has 0 aliphatic heterocycles. The Hall–Kier alpha value is -1.61. The molecule has 0 bridgehead atoms. The average Bonchev–Trinajstić information content (AvgIpc) is 3.36. The number of hydrogen-bond donors (Lipinski definition) is 2. The molecular weight excluding hydrogens is 445 g/mol. The van der Waals surface area contributed by atoms with Gasteiger partial charge in [-0.05, 0) is 59.5 Å². The third kappa shape index (κ3) is 4.27. The van der Waals surface area contributed by atoms with Gasteiger partial charge in [0.05, 0.1) is 8.59 Å². The van der Waals surface area contributed by atoms with Crippen molar-refractivity contribution >= 4 is 56.9 Å². The number of hydrogen-bond acceptors (Lipinski definition) is 4. The van der Waals surface area contributed by atoms with Crippen molar-refractivity contribution in [3.05, 3.63) is 33.0 Å². The Labute approximate surface area is 157 Å². The lowest BCUT2D eigenvalue weighted by atomic mass is 10.2. The van der Waals surface area contributed by atoms with Gasteiger partial charge in [-0.2, -0.15) is 0 Å². The lowest BCUT2D eigenvalue weighted by Gasteiger charge is -2.12. The van der Waals surface area contributed by atoms with Gasteiger partial charge in [-0.25, -0.2) is 0 Å². The summed E-state index contributed by atoms with van der Waals surface area (Å²) in [5, 5.41) is 1.33. The van der Waals surface area contributed by atoms with E-state index < -0.39 is 5.91 Å². The molecule has 2 aromatic rings. The molecule has 0 atom stereocenters. The summed E-state index contributed by atoms with van der Waals surface area (Å²) in [5.74, 6) is 0.342. The molecule has 1 fully saturated rings. The summed E-state index contributed by atoms with van der Waals surface area (Å²) < 4.78 is 6.36. The van der Waals surface area contributed by atoms with Crippen LogP contribution in [0.25, 0.3) is 10.9 Å². The standard InChI is InChI=1S/C16H15ClIN3O3/c17-11-7-12(18)16(15-10(11)2-1-5-19-15)24-8-14(23)21-20-13(22)6-9-3-4-9/h1-2,5,7,9H,3-4,6,8H2,(H,20,22)(H,21,23). The summed E-state index contributed by atoms with van der Waals surface area (Å²) in [7, 11) is 0. The fourth-order valence-corrected chi connectivity index (χ4v) is 3.40. The lowest BCUT2D eigenvalue weighted by molar-refractivity contribution is -0.130. The Morgan fingerprint density at radius 1 is 1.33 bits per heavy atom. The second-order valence-electron chi connectivity index (χ2n) is 5.60. The molecule has 0 radical (unpaired) electrons. The number of aromatic nitrogens is 1. The van der Waals surface area contributed by atoms with Crippen LogP contribution in [0.5, 0.6) is 5.75 Å². The maximum absolute atomic E-state index is 11.8. The monoisotopic (exact) mass is 459 g/mol. The number of amides is 2. The van der Waals surface area contributed by atoms with Crippen molar-refractivity contribution in [2.24, 2.45) is 5.92 Å². The highest BCUT2D eigenvalue weighted by molar-refractivity contribution is 14.1. The molecule has 3 rings (SSSR count). The third-order valence-corrected chi connectivity index (χ3v) is 4.72. The molecule has 1 aliphatic rings. The minimum atomic E-state index is -0.436. The predicted molar refractivity (Wildman–Crippen MR) is 98.6 cm³/mol. The molecule has 6 nitrogen and oxygen atoms in total. The molecular formula is C16H15ClIN3O3. The zero-order valence-electron chi connectivity index (χ0n) is 12.6. The Bertz CT molecular complexity index is 795. The van der Waals surface area contributed by atoms with Crippen molar-refractivity contribution in [2.45, 2.75) is 19.3 Å². The first-order valence-corrected chi connectivity index (χ1v) is 8.93. The van der Waals surface area contributed by atoms with Gasteiger partial charge in [0.2, 0.25) is 5.91 Å². The van der Waals surface area contributed by atoms with Crippen LogP contribution in [0.4, 0.5) is 0 Å². The first-order valence-electron chi connectivity index (χ1n) is 7.48. The van der Waals surface area contributed by atoms with Gasteiger partial charge in [-0.15, -0.1) is 0 Å². The van der Waals surface area contributed by atoms with Crippen LogP contribution in [0.15, 0.2) is 24.4 Å². The molecule has 126 valence electrons. The number of carbonyl (C=O) groups excluding carboxylic acids is 2. The molecule has 1 aliphatic carbocycles. The number of nitrogens with one attached hydrogen (secondary N) is 2. The molecule has 1 aromatic heterocycles. The highest BCUT2D eigenvalue weighted by Gasteiger charge is 2.24. The molecule has 0 unspecified atom stereocenters. The van der Waals surface area contributed by atoms with Crippen LogP contribution in [-0.4, -0.2) is 23.4 Å². The zero-order valence-corrected chi connectivity index (χ0v) is 15.6. The highest BCUT2D eigenvalue weighted by atomic mass is 127. The second kappa shape index (κ2) is 7.52. The number of rotatable bonds is 5. The number of benzene rings is 1. The smallest absolute Gasteiger partial charge is 0.276 e. The van der Waals surface area contributed by atoms with E-state index in [9.17, 15) is 9.59 Å². The van der Waals surface area contributed by atoms with Gasteiger partial charge in [-0.1, -0.05) is 11.6 Å². The number of pyridine rings is 1. The maximum atomic E-state index is 11.8. The highest BCUT2D eigenvalue weighted by Crippen LogP contribution is 2.34. The Balaban J connectivity index is 1.60. The minimum Gasteiger partial charge on any atom is -0.480 e. The van der Waals surface area contributed by atoms with Crippen LogP contribution >= 0.6 is 34.2 Å². The minimum absolute atomic E-state index is 0.181. The van der Waals surface area contributed by atoms with E-state index in [4.69, 9.17) is 16.3 Å². The van der Waals surface area contributed by atoms with Gasteiger partial charge in [0.15, 0.2) is 12.4 Å². The lowest BCUT2D eigenvalue weighted by Crippen LogP contribution is -2.43. The molecule has 0 saturated heterocycles. The van der Waals surface area contributed by atoms with E-state index in [1.165, 1.54) is 0 Å². The van der Waals surface area contributed by atoms with Crippen molar-refractivity contribution in [3.8, 4) is 5.75 Å². The first-order chi connectivity index (χ1) is 11.5. The average molecular weight is 460 g/mol. The molecule has 2 N–H and O–H groups in total. The quantitative estimate of drug-likeness (QED) is 0.532. The number of halogens is 2. The number of fused-ring (bicyclic) bond motifs is 1. The van der Waals surface area contributed by atoms with Gasteiger partial charge in [0.1, 0.15) is 5.52 Å². The normalized spacial score (nSPS) is 13.6. The summed E-state index contributed by atoms with van der Waals surface area (Å²) in [4.78, 5) is 27.7. The molecule has 0 spiro atoms. The van der Waals surface area contributed by atoms with Crippen LogP contribution < -0.4 is 15.6 Å². The SMILES string of the molecule is O=C(COc1c(I)cc(Cl)c2cccnc12)NNC(=O)CC1CC1. The number of carbonyl (C=O) groups is 2. The number of ether oxygens (including phenoxy) is 1. The van der Waals surface area contributed by atoms with Crippen LogP contribution in [0.3, 0.4) is 0 Å². The van der Waals surface area contributed by atoms with Crippen molar-refractivity contribution in [3.63, 3.8) is 0 Å². The van der Waals surface area contributed by atoms with Gasteiger partial charge < -0.3 is 4.74 Å². The molecule has 1 saturated carbocycles. The summed E-state index contributed by atoms with van der Waals surface area (Å²) >= 11 is 8.28. The van der Waals surface area contributed by atoms with Crippen LogP contribution in [0.1, 0.15) is 19.3 Å². The van der Waals surface area contributed by atoms with E-state index in [0.29, 0.717) is 28.6 Å². The zero-order chi connectivity index (χ0) is 17.1. The van der Waals surface area contributed by atoms with E-state index in [2.05, 4.69) is 38.4 Å². The van der Waals surface area contributed by atoms with Gasteiger partial charge in [-0.3, -0.25) is 25.4 Å². The Morgan fingerprint density at radius 3 is 2.83 bits per heavy atom. The summed E-state index contributed by atoms with van der Waals surface area (Å²) in [6, 6.07) is 5.38. The molecule has 8 heteroatoms. The summed E-state index contributed by atoms with van der Waals surface area (Å²) in [6.45, 7) is -0.229. The Morgan fingerprint density at radius 2 is 2.08 bits per heavy atom. The van der Waals surface area contributed by atoms with Crippen LogP contribution in [0.2, 0.25) is 5.02 Å². The van der Waals surface area contributed by atoms with Crippen molar-refractivity contribution in [1.29, 1.82) is 0 Å². The van der Waals surface area contributed by atoms with Crippen molar-refractivity contribution in [2.75, 3.05) is 6.61 Å². The predicted octanol–water partition coefficient (Wildman–Crippen LogP) is 2.82. The molecule has 2 amide bonds. The molecule has 1 heterocycles. The molecule has 24 heavy (non-hydrogen) atoms. The van der Waals surface area contributed by atoms with Crippen LogP contribution in [0, 0.1) is 9.49 Å². The van der Waals surface area contributed by atoms with Crippen LogP contribution in [-0.2, 0) is 9.59 Å². The third-order valence-electron chi connectivity index (χ3n) is 3.61. The van der Waals surface area contributed by atoms with Gasteiger partial charge >= 0.3 is 0 Å². The second-order valence-corrected chi connectivity index (χ2v) is 7.17. The largest absolute Gasteiger partial charge is 0.480 e. The Kier molecular flexibility index (Phi) is 5.40. The van der Waals surface area contributed by atoms with Crippen molar-refractivity contribution in [1.82, 2.24) is 15.8 Å². The van der Waals surface area contributed by atoms with Crippen molar-refractivity contribution < 1.29 is 14.3 Å². The summed E-state index contributed by atoms with van der Waals surface area (Å²) in [6.07, 6.45) is 4.25. The van der Waals surface area contributed by atoms with E-state index in [0.717, 1.165) is 21.8 Å². The number of hydrazine groups is 1. The maximum Gasteiger partial charge on any atom is 0.276 e. The van der Waals surface area contributed by atoms with E-state index in [1.54, 1.807) is 18.3 Å². The first kappa shape index (κ1) is 17.2. The van der Waals surface area contributed by atoms with Gasteiger partial charge in [0, 0.05) is 18.0 Å². The molecule has 1 aromatic carbocycles. The number of nitrogens with zero attached hydrogens (tertiary/aromatic N) is 1. The fourth-order valence-electron chi connectivity index (χ4n) is 2.23.